The lowest BCUT2D eigenvalue weighted by molar-refractivity contribution is -0.143. The third-order valence-electron chi connectivity index (χ3n) is 3.94. The lowest BCUT2D eigenvalue weighted by Crippen LogP contribution is -2.37. The van der Waals surface area contributed by atoms with Crippen molar-refractivity contribution in [3.8, 4) is 0 Å². The fraction of sp³-hybridized carbons (Fsp3) is 0.588. The number of carbonyl (C=O) groups is 1. The van der Waals surface area contributed by atoms with Gasteiger partial charge in [0, 0.05) is 13.1 Å². The lowest BCUT2D eigenvalue weighted by Gasteiger charge is -2.23. The minimum atomic E-state index is -0.397. The van der Waals surface area contributed by atoms with Crippen LogP contribution in [-0.2, 0) is 9.53 Å². The third kappa shape index (κ3) is 4.83. The van der Waals surface area contributed by atoms with Crippen LogP contribution >= 0.6 is 0 Å². The van der Waals surface area contributed by atoms with Crippen LogP contribution in [0, 0.1) is 13.8 Å². The Balaban J connectivity index is 2.85. The number of nitrogens with zero attached hydrogens (tertiary/aromatic N) is 1. The van der Waals surface area contributed by atoms with Crippen molar-refractivity contribution < 1.29 is 9.53 Å². The first-order valence-corrected chi connectivity index (χ1v) is 7.64. The topological polar surface area (TPSA) is 41.6 Å². The predicted octanol–water partition coefficient (Wildman–Crippen LogP) is 2.45. The molecular weight excluding hydrogens is 264 g/mol. The van der Waals surface area contributed by atoms with Gasteiger partial charge in [0.05, 0.1) is 7.11 Å². The monoisotopic (exact) mass is 292 g/mol. The first-order valence-electron chi connectivity index (χ1n) is 7.64. The highest BCUT2D eigenvalue weighted by Crippen LogP contribution is 2.22. The van der Waals surface area contributed by atoms with Gasteiger partial charge in [0.25, 0.3) is 0 Å². The highest BCUT2D eigenvalue weighted by atomic mass is 16.5. The molecular formula is C17H28N2O2. The number of hydrogen-bond donors (Lipinski definition) is 1. The van der Waals surface area contributed by atoms with Crippen LogP contribution in [0.5, 0.6) is 0 Å². The second-order valence-corrected chi connectivity index (χ2v) is 5.24. The number of rotatable bonds is 8. The summed E-state index contributed by atoms with van der Waals surface area (Å²) in [5.74, 6) is -0.230. The minimum absolute atomic E-state index is 0.230. The van der Waals surface area contributed by atoms with E-state index >= 15 is 0 Å². The van der Waals surface area contributed by atoms with Crippen LogP contribution < -0.4 is 5.32 Å². The van der Waals surface area contributed by atoms with Crippen molar-refractivity contribution >= 4 is 5.97 Å². The van der Waals surface area contributed by atoms with E-state index in [2.05, 4.69) is 24.1 Å². The number of carbonyl (C=O) groups excluding carboxylic acids is 1. The van der Waals surface area contributed by atoms with Crippen molar-refractivity contribution in [2.24, 2.45) is 0 Å². The Morgan fingerprint density at radius 1 is 1.24 bits per heavy atom. The van der Waals surface area contributed by atoms with E-state index in [0.717, 1.165) is 42.9 Å². The lowest BCUT2D eigenvalue weighted by atomic mass is 9.96. The number of nitrogens with one attached hydrogen (secondary N) is 1. The first kappa shape index (κ1) is 17.7. The summed E-state index contributed by atoms with van der Waals surface area (Å²) in [6.45, 7) is 12.1. The quantitative estimate of drug-likeness (QED) is 0.747. The molecule has 1 atom stereocenters. The summed E-state index contributed by atoms with van der Waals surface area (Å²) < 4.78 is 4.97. The molecule has 21 heavy (non-hydrogen) atoms. The Morgan fingerprint density at radius 3 is 2.29 bits per heavy atom. The van der Waals surface area contributed by atoms with Crippen molar-refractivity contribution in [3.63, 3.8) is 0 Å². The van der Waals surface area contributed by atoms with Crippen LogP contribution in [0.3, 0.4) is 0 Å². The van der Waals surface area contributed by atoms with E-state index in [1.165, 1.54) is 7.11 Å². The summed E-state index contributed by atoms with van der Waals surface area (Å²) in [6.07, 6.45) is 0. The summed E-state index contributed by atoms with van der Waals surface area (Å²) >= 11 is 0. The van der Waals surface area contributed by atoms with Gasteiger partial charge in [0.1, 0.15) is 6.04 Å². The predicted molar refractivity (Wildman–Crippen MR) is 86.5 cm³/mol. The third-order valence-corrected chi connectivity index (χ3v) is 3.94. The largest absolute Gasteiger partial charge is 0.468 e. The fourth-order valence-electron chi connectivity index (χ4n) is 2.61. The van der Waals surface area contributed by atoms with E-state index in [-0.39, 0.29) is 5.97 Å². The van der Waals surface area contributed by atoms with Crippen LogP contribution in [-0.4, -0.2) is 44.2 Å². The number of ether oxygens (including phenoxy) is 1. The van der Waals surface area contributed by atoms with Gasteiger partial charge in [-0.25, -0.2) is 4.79 Å². The molecule has 1 N–H and O–H groups in total. The van der Waals surface area contributed by atoms with Crippen LogP contribution in [0.25, 0.3) is 0 Å². The molecule has 1 unspecified atom stereocenters. The zero-order valence-electron chi connectivity index (χ0n) is 13.9. The molecule has 0 saturated heterocycles. The Bertz CT molecular complexity index is 436. The van der Waals surface area contributed by atoms with E-state index in [1.807, 2.05) is 32.0 Å². The molecule has 118 valence electrons. The molecule has 1 aromatic rings. The molecule has 0 aliphatic rings. The highest BCUT2D eigenvalue weighted by Gasteiger charge is 2.24. The number of benzene rings is 1. The molecule has 0 amide bonds. The van der Waals surface area contributed by atoms with Gasteiger partial charge in [-0.05, 0) is 43.6 Å². The molecule has 0 aliphatic heterocycles. The maximum atomic E-state index is 12.1. The zero-order valence-corrected chi connectivity index (χ0v) is 13.9. The van der Waals surface area contributed by atoms with Crippen molar-refractivity contribution in [1.82, 2.24) is 10.2 Å². The van der Waals surface area contributed by atoms with Gasteiger partial charge in [-0.15, -0.1) is 0 Å². The van der Waals surface area contributed by atoms with E-state index in [0.29, 0.717) is 0 Å². The molecule has 4 heteroatoms. The van der Waals surface area contributed by atoms with Crippen LogP contribution in [0.2, 0.25) is 0 Å². The molecule has 0 heterocycles. The maximum Gasteiger partial charge on any atom is 0.327 e. The number of methoxy groups -OCH3 is 1. The van der Waals surface area contributed by atoms with Gasteiger partial charge in [-0.2, -0.15) is 0 Å². The van der Waals surface area contributed by atoms with Crippen LogP contribution in [0.15, 0.2) is 18.2 Å². The SMILES string of the molecule is CCN(CC)CCNC(C(=O)OC)c1c(C)cccc1C. The van der Waals surface area contributed by atoms with E-state index in [9.17, 15) is 4.79 Å². The zero-order chi connectivity index (χ0) is 15.8. The van der Waals surface area contributed by atoms with E-state index in [1.54, 1.807) is 0 Å². The van der Waals surface area contributed by atoms with Crippen LogP contribution in [0.4, 0.5) is 0 Å². The van der Waals surface area contributed by atoms with Crippen molar-refractivity contribution in [1.29, 1.82) is 0 Å². The molecule has 0 aromatic heterocycles. The number of aryl methyl sites for hydroxylation is 2. The molecule has 0 fully saturated rings. The number of hydrogen-bond acceptors (Lipinski definition) is 4. The van der Waals surface area contributed by atoms with Gasteiger partial charge < -0.3 is 9.64 Å². The van der Waals surface area contributed by atoms with Gasteiger partial charge in [0.15, 0.2) is 0 Å². The first-order chi connectivity index (χ1) is 10.0. The maximum absolute atomic E-state index is 12.1. The summed E-state index contributed by atoms with van der Waals surface area (Å²) in [4.78, 5) is 14.5. The Morgan fingerprint density at radius 2 is 1.81 bits per heavy atom. The van der Waals surface area contributed by atoms with Gasteiger partial charge in [0.2, 0.25) is 0 Å². The number of esters is 1. The molecule has 0 bridgehead atoms. The average Bonchev–Trinajstić information content (AvgIpc) is 2.48. The second kappa shape index (κ2) is 8.80. The fourth-order valence-corrected chi connectivity index (χ4v) is 2.61. The van der Waals surface area contributed by atoms with Gasteiger partial charge in [-0.3, -0.25) is 5.32 Å². The molecule has 4 nitrogen and oxygen atoms in total. The van der Waals surface area contributed by atoms with Crippen molar-refractivity contribution in [3.05, 3.63) is 34.9 Å². The van der Waals surface area contributed by atoms with E-state index < -0.39 is 6.04 Å². The minimum Gasteiger partial charge on any atom is -0.468 e. The molecule has 1 rings (SSSR count). The standard InChI is InChI=1S/C17H28N2O2/c1-6-19(7-2)12-11-18-16(17(20)21-5)15-13(3)9-8-10-14(15)4/h8-10,16,18H,6-7,11-12H2,1-5H3. The van der Waals surface area contributed by atoms with E-state index in [4.69, 9.17) is 4.74 Å². The molecule has 0 saturated carbocycles. The molecule has 0 aliphatic carbocycles. The van der Waals surface area contributed by atoms with Crippen molar-refractivity contribution in [2.75, 3.05) is 33.3 Å². The number of likely N-dealkylation sites (N-methyl/N-ethyl adjacent to an activating group) is 1. The average molecular weight is 292 g/mol. The molecule has 0 radical (unpaired) electrons. The molecule has 1 aromatic carbocycles. The Labute approximate surface area is 128 Å². The highest BCUT2D eigenvalue weighted by molar-refractivity contribution is 5.78. The Kier molecular flexibility index (Phi) is 7.40. The smallest absolute Gasteiger partial charge is 0.327 e. The normalized spacial score (nSPS) is 12.5. The summed E-state index contributed by atoms with van der Waals surface area (Å²) in [5, 5.41) is 3.35. The van der Waals surface area contributed by atoms with Crippen molar-refractivity contribution in [2.45, 2.75) is 33.7 Å². The Hall–Kier alpha value is -1.39. The summed E-state index contributed by atoms with van der Waals surface area (Å²) in [5.41, 5.74) is 3.25. The molecule has 0 spiro atoms. The van der Waals surface area contributed by atoms with Gasteiger partial charge >= 0.3 is 5.97 Å². The second-order valence-electron chi connectivity index (χ2n) is 5.24. The van der Waals surface area contributed by atoms with Crippen LogP contribution in [0.1, 0.15) is 36.6 Å². The summed E-state index contributed by atoms with van der Waals surface area (Å²) in [6, 6.07) is 5.68. The van der Waals surface area contributed by atoms with Gasteiger partial charge in [-0.1, -0.05) is 32.0 Å². The summed E-state index contributed by atoms with van der Waals surface area (Å²) in [7, 11) is 1.44.